The second-order valence-electron chi connectivity index (χ2n) is 3.50. The molecule has 0 saturated carbocycles. The van der Waals surface area contributed by atoms with Gasteiger partial charge in [0.1, 0.15) is 0 Å². The average Bonchev–Trinajstić information content (AvgIpc) is 2.21. The lowest BCUT2D eigenvalue weighted by molar-refractivity contribution is 0.509. The third-order valence-electron chi connectivity index (χ3n) is 2.36. The highest BCUT2D eigenvalue weighted by Crippen LogP contribution is 2.27. The van der Waals surface area contributed by atoms with Crippen LogP contribution in [0.15, 0.2) is 21.2 Å². The Kier molecular flexibility index (Phi) is 5.79. The fourth-order valence-electron chi connectivity index (χ4n) is 1.51. The van der Waals surface area contributed by atoms with Crippen molar-refractivity contribution in [2.75, 3.05) is 7.05 Å². The second kappa shape index (κ2) is 6.61. The first-order valence-electron chi connectivity index (χ1n) is 5.17. The zero-order valence-corrected chi connectivity index (χ0v) is 12.2. The van der Waals surface area contributed by atoms with Crippen LogP contribution in [0.3, 0.4) is 0 Å². The minimum absolute atomic E-state index is 0.340. The molecule has 84 valence electrons. The molecule has 0 aromatic carbocycles. The Bertz CT molecular complexity index is 315. The normalized spacial score (nSPS) is 12.8. The molecule has 1 heterocycles. The zero-order chi connectivity index (χ0) is 11.3. The van der Waals surface area contributed by atoms with Gasteiger partial charge in [-0.25, -0.2) is 0 Å². The summed E-state index contributed by atoms with van der Waals surface area (Å²) in [5.41, 5.74) is 1.09. The molecule has 4 heteroatoms. The van der Waals surface area contributed by atoms with Crippen molar-refractivity contribution in [3.63, 3.8) is 0 Å². The van der Waals surface area contributed by atoms with Gasteiger partial charge in [0.15, 0.2) is 0 Å². The fraction of sp³-hybridized carbons (Fsp3) is 0.545. The molecular weight excluding hydrogens is 320 g/mol. The summed E-state index contributed by atoms with van der Waals surface area (Å²) in [6, 6.07) is 2.38. The molecule has 0 aliphatic rings. The number of aromatic nitrogens is 1. The van der Waals surface area contributed by atoms with Crippen molar-refractivity contribution in [2.45, 2.75) is 32.2 Å². The van der Waals surface area contributed by atoms with E-state index in [1.54, 1.807) is 0 Å². The van der Waals surface area contributed by atoms with Crippen LogP contribution < -0.4 is 5.32 Å². The highest BCUT2D eigenvalue weighted by molar-refractivity contribution is 9.11. The van der Waals surface area contributed by atoms with Gasteiger partial charge >= 0.3 is 0 Å². The van der Waals surface area contributed by atoms with E-state index < -0.39 is 0 Å². The van der Waals surface area contributed by atoms with Crippen molar-refractivity contribution in [3.05, 3.63) is 26.9 Å². The van der Waals surface area contributed by atoms with Crippen molar-refractivity contribution in [1.82, 2.24) is 10.3 Å². The van der Waals surface area contributed by atoms with Crippen molar-refractivity contribution in [1.29, 1.82) is 0 Å². The van der Waals surface area contributed by atoms with Crippen molar-refractivity contribution in [3.8, 4) is 0 Å². The van der Waals surface area contributed by atoms with Crippen LogP contribution in [0.4, 0.5) is 0 Å². The highest BCUT2D eigenvalue weighted by atomic mass is 79.9. The molecule has 0 spiro atoms. The molecule has 1 aromatic rings. The molecule has 1 rings (SSSR count). The minimum atomic E-state index is 0.340. The standard InChI is InChI=1S/C11H16Br2N2/c1-3-4-5-10(14-2)11-9(13)6-8(12)7-15-11/h6-7,10,14H,3-5H2,1-2H3. The van der Waals surface area contributed by atoms with Crippen LogP contribution in [0.1, 0.15) is 37.9 Å². The summed E-state index contributed by atoms with van der Waals surface area (Å²) in [6.45, 7) is 2.21. The largest absolute Gasteiger partial charge is 0.312 e. The summed E-state index contributed by atoms with van der Waals surface area (Å²) in [7, 11) is 1.98. The average molecular weight is 336 g/mol. The number of unbranched alkanes of at least 4 members (excludes halogenated alkanes) is 1. The quantitative estimate of drug-likeness (QED) is 0.877. The summed E-state index contributed by atoms with van der Waals surface area (Å²) in [5, 5.41) is 3.31. The number of nitrogens with zero attached hydrogens (tertiary/aromatic N) is 1. The van der Waals surface area contributed by atoms with E-state index in [0.717, 1.165) is 21.1 Å². The van der Waals surface area contributed by atoms with E-state index in [9.17, 15) is 0 Å². The monoisotopic (exact) mass is 334 g/mol. The van der Waals surface area contributed by atoms with Crippen LogP contribution in [0.25, 0.3) is 0 Å². The summed E-state index contributed by atoms with van der Waals surface area (Å²) >= 11 is 6.96. The molecule has 1 N–H and O–H groups in total. The van der Waals surface area contributed by atoms with Crippen molar-refractivity contribution in [2.24, 2.45) is 0 Å². The molecule has 0 aliphatic heterocycles. The first-order valence-corrected chi connectivity index (χ1v) is 6.75. The van der Waals surface area contributed by atoms with Crippen molar-refractivity contribution < 1.29 is 0 Å². The zero-order valence-electron chi connectivity index (χ0n) is 9.06. The molecule has 1 unspecified atom stereocenters. The number of rotatable bonds is 5. The molecule has 1 aromatic heterocycles. The summed E-state index contributed by atoms with van der Waals surface area (Å²) in [5.74, 6) is 0. The Labute approximate surface area is 108 Å². The van der Waals surface area contributed by atoms with Gasteiger partial charge in [0.2, 0.25) is 0 Å². The number of nitrogens with one attached hydrogen (secondary N) is 1. The SMILES string of the molecule is CCCCC(NC)c1ncc(Br)cc1Br. The summed E-state index contributed by atoms with van der Waals surface area (Å²) < 4.78 is 2.07. The molecule has 0 aliphatic carbocycles. The van der Waals surface area contributed by atoms with E-state index in [0.29, 0.717) is 6.04 Å². The highest BCUT2D eigenvalue weighted by Gasteiger charge is 2.13. The smallest absolute Gasteiger partial charge is 0.0715 e. The maximum Gasteiger partial charge on any atom is 0.0715 e. The van der Waals surface area contributed by atoms with Gasteiger partial charge in [-0.05, 0) is 51.4 Å². The minimum Gasteiger partial charge on any atom is -0.312 e. The Morgan fingerprint density at radius 2 is 2.20 bits per heavy atom. The summed E-state index contributed by atoms with van der Waals surface area (Å²) in [6.07, 6.45) is 5.40. The maximum absolute atomic E-state index is 4.45. The third-order valence-corrected chi connectivity index (χ3v) is 3.43. The van der Waals surface area contributed by atoms with Gasteiger partial charge in [-0.2, -0.15) is 0 Å². The van der Waals surface area contributed by atoms with Gasteiger partial charge in [-0.1, -0.05) is 19.8 Å². The van der Waals surface area contributed by atoms with E-state index in [1.807, 2.05) is 19.3 Å². The van der Waals surface area contributed by atoms with Gasteiger partial charge in [0.25, 0.3) is 0 Å². The van der Waals surface area contributed by atoms with Gasteiger partial charge in [0.05, 0.1) is 11.7 Å². The lowest BCUT2D eigenvalue weighted by Gasteiger charge is -2.16. The van der Waals surface area contributed by atoms with E-state index in [2.05, 4.69) is 49.1 Å². The molecule has 15 heavy (non-hydrogen) atoms. The lowest BCUT2D eigenvalue weighted by atomic mass is 10.1. The van der Waals surface area contributed by atoms with Crippen LogP contribution in [0.2, 0.25) is 0 Å². The van der Waals surface area contributed by atoms with Crippen LogP contribution in [0.5, 0.6) is 0 Å². The maximum atomic E-state index is 4.45. The number of halogens is 2. The summed E-state index contributed by atoms with van der Waals surface area (Å²) in [4.78, 5) is 4.45. The molecule has 0 radical (unpaired) electrons. The Hall–Kier alpha value is 0.0700. The van der Waals surface area contributed by atoms with E-state index >= 15 is 0 Å². The van der Waals surface area contributed by atoms with Crippen LogP contribution in [-0.4, -0.2) is 12.0 Å². The van der Waals surface area contributed by atoms with Crippen LogP contribution in [0, 0.1) is 0 Å². The van der Waals surface area contributed by atoms with Crippen LogP contribution >= 0.6 is 31.9 Å². The topological polar surface area (TPSA) is 24.9 Å². The fourth-order valence-corrected chi connectivity index (χ4v) is 2.77. The van der Waals surface area contributed by atoms with Gasteiger partial charge in [-0.15, -0.1) is 0 Å². The second-order valence-corrected chi connectivity index (χ2v) is 5.27. The van der Waals surface area contributed by atoms with Gasteiger partial charge < -0.3 is 5.32 Å². The predicted octanol–water partition coefficient (Wildman–Crippen LogP) is 4.06. The molecule has 0 fully saturated rings. The van der Waals surface area contributed by atoms with Crippen LogP contribution in [-0.2, 0) is 0 Å². The van der Waals surface area contributed by atoms with E-state index in [4.69, 9.17) is 0 Å². The van der Waals surface area contributed by atoms with E-state index in [1.165, 1.54) is 12.8 Å². The Morgan fingerprint density at radius 1 is 1.47 bits per heavy atom. The van der Waals surface area contributed by atoms with E-state index in [-0.39, 0.29) is 0 Å². The first kappa shape index (κ1) is 13.1. The first-order chi connectivity index (χ1) is 7.19. The number of hydrogen-bond acceptors (Lipinski definition) is 2. The lowest BCUT2D eigenvalue weighted by Crippen LogP contribution is -2.18. The predicted molar refractivity (Wildman–Crippen MR) is 71.0 cm³/mol. The molecular formula is C11H16Br2N2. The van der Waals surface area contributed by atoms with Gasteiger partial charge in [0, 0.05) is 15.1 Å². The Morgan fingerprint density at radius 3 is 2.73 bits per heavy atom. The number of hydrogen-bond donors (Lipinski definition) is 1. The molecule has 0 bridgehead atoms. The molecule has 1 atom stereocenters. The molecule has 0 saturated heterocycles. The Balaban J connectivity index is 2.81. The van der Waals surface area contributed by atoms with Crippen molar-refractivity contribution >= 4 is 31.9 Å². The number of pyridine rings is 1. The van der Waals surface area contributed by atoms with Gasteiger partial charge in [-0.3, -0.25) is 4.98 Å². The molecule has 0 amide bonds. The molecule has 2 nitrogen and oxygen atoms in total. The third kappa shape index (κ3) is 3.85.